The summed E-state index contributed by atoms with van der Waals surface area (Å²) in [4.78, 5) is 0. The van der Waals surface area contributed by atoms with Gasteiger partial charge in [-0.15, -0.1) is 0 Å². The van der Waals surface area contributed by atoms with Gasteiger partial charge in [-0.1, -0.05) is 149 Å². The van der Waals surface area contributed by atoms with Gasteiger partial charge in [0.25, 0.3) is 0 Å². The van der Waals surface area contributed by atoms with Crippen LogP contribution in [-0.2, 0) is 16.5 Å². The second-order valence-corrected chi connectivity index (χ2v) is 30.8. The topological polar surface area (TPSA) is 36.9 Å². The quantitative estimate of drug-likeness (QED) is 0.125. The fourth-order valence-electron chi connectivity index (χ4n) is 5.72. The van der Waals surface area contributed by atoms with E-state index in [4.69, 9.17) is 16.5 Å². The zero-order valence-electron chi connectivity index (χ0n) is 27.6. The molecule has 0 amide bonds. The van der Waals surface area contributed by atoms with Crippen LogP contribution in [0.1, 0.15) is 27.7 Å². The third-order valence-corrected chi connectivity index (χ3v) is 28.0. The molecule has 0 aliphatic heterocycles. The third kappa shape index (κ3) is 7.95. The summed E-state index contributed by atoms with van der Waals surface area (Å²) in [6.45, 7) is 15.8. The number of hydrogen-bond donors (Lipinski definition) is 0. The van der Waals surface area contributed by atoms with Gasteiger partial charge in [0.1, 0.15) is 0 Å². The molecule has 0 aliphatic rings. The molecule has 0 atom stereocenters. The Morgan fingerprint density at radius 1 is 0.455 bits per heavy atom. The van der Waals surface area contributed by atoms with Gasteiger partial charge in [0, 0.05) is 0 Å². The molecule has 44 heavy (non-hydrogen) atoms. The molecule has 4 rings (SSSR count). The summed E-state index contributed by atoms with van der Waals surface area (Å²) in [6, 6.07) is 46.6. The van der Waals surface area contributed by atoms with Gasteiger partial charge in [0.2, 0.25) is 0 Å². The Balaban J connectivity index is 2.11. The zero-order valence-corrected chi connectivity index (χ0v) is 32.7. The van der Waals surface area contributed by atoms with Crippen molar-refractivity contribution >= 4 is 63.8 Å². The van der Waals surface area contributed by atoms with Gasteiger partial charge in [0.15, 0.2) is 17.4 Å². The summed E-state index contributed by atoms with van der Waals surface area (Å²) in [5.74, 6) is 0. The lowest BCUT2D eigenvalue weighted by molar-refractivity contribution is 0.311. The van der Waals surface area contributed by atoms with E-state index >= 15 is 0 Å². The van der Waals surface area contributed by atoms with Crippen molar-refractivity contribution in [2.75, 3.05) is 0 Å². The highest BCUT2D eigenvalue weighted by atomic mass is 28.5. The SMILES string of the molecule is CC[SiH](CC)O[Si](CC)(CC)O[Si](O[Si](O[Si](C)(C)C)(c1ccccc1)c1ccccc1)(c1ccccc1)c1ccccc1. The maximum absolute atomic E-state index is 8.09. The van der Waals surface area contributed by atoms with Gasteiger partial charge in [0.05, 0.1) is 0 Å². The van der Waals surface area contributed by atoms with Gasteiger partial charge < -0.3 is 16.5 Å². The van der Waals surface area contributed by atoms with E-state index in [1.54, 1.807) is 0 Å². The summed E-state index contributed by atoms with van der Waals surface area (Å²) in [6.07, 6.45) is 0. The molecule has 4 aromatic carbocycles. The molecule has 0 N–H and O–H groups in total. The van der Waals surface area contributed by atoms with Crippen LogP contribution < -0.4 is 20.7 Å². The summed E-state index contributed by atoms with van der Waals surface area (Å²) in [5.41, 5.74) is 0. The highest BCUT2D eigenvalue weighted by molar-refractivity contribution is 7.08. The van der Waals surface area contributed by atoms with Crippen molar-refractivity contribution in [3.63, 3.8) is 0 Å². The molecule has 234 valence electrons. The van der Waals surface area contributed by atoms with Crippen molar-refractivity contribution in [2.24, 2.45) is 0 Å². The lowest BCUT2D eigenvalue weighted by Crippen LogP contribution is -2.78. The molecule has 9 heteroatoms. The fourth-order valence-corrected chi connectivity index (χ4v) is 28.9. The molecule has 0 fully saturated rings. The Kier molecular flexibility index (Phi) is 12.1. The monoisotopic (exact) mass is 674 g/mol. The second kappa shape index (κ2) is 15.4. The molecule has 0 radical (unpaired) electrons. The van der Waals surface area contributed by atoms with E-state index in [9.17, 15) is 0 Å². The van der Waals surface area contributed by atoms with Gasteiger partial charge >= 0.3 is 25.7 Å². The van der Waals surface area contributed by atoms with Crippen LogP contribution in [0.3, 0.4) is 0 Å². The maximum Gasteiger partial charge on any atom is 0.389 e. The molecule has 0 saturated carbocycles. The van der Waals surface area contributed by atoms with E-state index in [0.29, 0.717) is 0 Å². The normalized spacial score (nSPS) is 12.9. The Labute approximate surface area is 272 Å². The van der Waals surface area contributed by atoms with Gasteiger partial charge in [-0.25, -0.2) is 0 Å². The van der Waals surface area contributed by atoms with E-state index < -0.39 is 43.0 Å². The van der Waals surface area contributed by atoms with Crippen LogP contribution in [0.25, 0.3) is 0 Å². The minimum absolute atomic E-state index is 0.866. The standard InChI is InChI=1S/C35H50O4Si5/c1-8-40(9-2)36-42(10-3,11-4)38-44(34-28-20-14-21-29-34,35-30-22-15-23-31-35)39-43(37-41(5,6)7,32-24-16-12-17-25-32)33-26-18-13-19-27-33/h12-31,40H,8-11H2,1-7H3. The summed E-state index contributed by atoms with van der Waals surface area (Å²) >= 11 is 0. The minimum atomic E-state index is -3.50. The zero-order chi connectivity index (χ0) is 31.7. The molecule has 0 aliphatic carbocycles. The van der Waals surface area contributed by atoms with Crippen molar-refractivity contribution in [1.29, 1.82) is 0 Å². The minimum Gasteiger partial charge on any atom is -0.439 e. The van der Waals surface area contributed by atoms with Crippen LogP contribution in [0.2, 0.25) is 43.8 Å². The van der Waals surface area contributed by atoms with Crippen LogP contribution in [0.5, 0.6) is 0 Å². The predicted octanol–water partition coefficient (Wildman–Crippen LogP) is 6.65. The predicted molar refractivity (Wildman–Crippen MR) is 198 cm³/mol. The van der Waals surface area contributed by atoms with E-state index in [-0.39, 0.29) is 0 Å². The average molecular weight is 675 g/mol. The van der Waals surface area contributed by atoms with Gasteiger partial charge in [-0.05, 0) is 64.6 Å². The first kappa shape index (κ1) is 34.7. The van der Waals surface area contributed by atoms with Crippen LogP contribution in [0, 0.1) is 0 Å². The highest BCUT2D eigenvalue weighted by Gasteiger charge is 2.58. The molecule has 0 heterocycles. The number of hydrogen-bond acceptors (Lipinski definition) is 4. The van der Waals surface area contributed by atoms with Crippen LogP contribution in [0.15, 0.2) is 121 Å². The molecule has 0 unspecified atom stereocenters. The van der Waals surface area contributed by atoms with E-state index in [0.717, 1.165) is 44.9 Å². The van der Waals surface area contributed by atoms with Gasteiger partial charge in [-0.3, -0.25) is 0 Å². The Hall–Kier alpha value is -2.20. The van der Waals surface area contributed by atoms with E-state index in [1.165, 1.54) is 0 Å². The summed E-state index contributed by atoms with van der Waals surface area (Å²) < 4.78 is 30.7. The molecule has 0 bridgehead atoms. The number of benzene rings is 4. The highest BCUT2D eigenvalue weighted by Crippen LogP contribution is 2.30. The molecule has 4 aromatic rings. The van der Waals surface area contributed by atoms with Crippen LogP contribution in [-0.4, -0.2) is 43.0 Å². The largest absolute Gasteiger partial charge is 0.439 e. The van der Waals surface area contributed by atoms with Crippen molar-refractivity contribution < 1.29 is 16.5 Å². The lowest BCUT2D eigenvalue weighted by atomic mass is 10.4. The average Bonchev–Trinajstić information content (AvgIpc) is 3.07. The molecule has 0 saturated heterocycles. The first-order chi connectivity index (χ1) is 21.2. The van der Waals surface area contributed by atoms with Gasteiger partial charge in [-0.2, -0.15) is 0 Å². The first-order valence-corrected chi connectivity index (χ1v) is 27.5. The number of rotatable bonds is 16. The smallest absolute Gasteiger partial charge is 0.389 e. The van der Waals surface area contributed by atoms with Crippen molar-refractivity contribution in [3.8, 4) is 0 Å². The Morgan fingerprint density at radius 3 is 1.05 bits per heavy atom. The fraction of sp³-hybridized carbons (Fsp3) is 0.314. The molecular formula is C35H50O4Si5. The Bertz CT molecular complexity index is 1320. The van der Waals surface area contributed by atoms with Crippen LogP contribution >= 0.6 is 0 Å². The Morgan fingerprint density at radius 2 is 0.773 bits per heavy atom. The van der Waals surface area contributed by atoms with E-state index in [2.05, 4.69) is 169 Å². The lowest BCUT2D eigenvalue weighted by Gasteiger charge is -2.47. The summed E-state index contributed by atoms with van der Waals surface area (Å²) in [5, 5.41) is 4.36. The molecule has 0 aromatic heterocycles. The first-order valence-electron chi connectivity index (χ1n) is 16.2. The summed E-state index contributed by atoms with van der Waals surface area (Å²) in [7, 11) is -13.3. The molecular weight excluding hydrogens is 625 g/mol. The van der Waals surface area contributed by atoms with Crippen LogP contribution in [0.4, 0.5) is 0 Å². The van der Waals surface area contributed by atoms with E-state index in [1.807, 2.05) is 0 Å². The van der Waals surface area contributed by atoms with Crippen molar-refractivity contribution in [3.05, 3.63) is 121 Å². The second-order valence-electron chi connectivity index (χ2n) is 12.3. The molecule has 0 spiro atoms. The molecule has 4 nitrogen and oxygen atoms in total. The third-order valence-electron chi connectivity index (χ3n) is 8.05. The van der Waals surface area contributed by atoms with Crippen molar-refractivity contribution in [2.45, 2.75) is 71.5 Å². The van der Waals surface area contributed by atoms with Crippen molar-refractivity contribution in [1.82, 2.24) is 0 Å². The maximum atomic E-state index is 8.09.